The van der Waals surface area contributed by atoms with E-state index in [0.717, 1.165) is 4.90 Å². The molecule has 0 saturated carbocycles. The van der Waals surface area contributed by atoms with E-state index < -0.39 is 31.9 Å². The van der Waals surface area contributed by atoms with Crippen LogP contribution in [0.2, 0.25) is 0 Å². The smallest absolute Gasteiger partial charge is 0.357 e. The Morgan fingerprint density at radius 1 is 1.05 bits per heavy atom. The van der Waals surface area contributed by atoms with Crippen LogP contribution < -0.4 is 10.6 Å². The van der Waals surface area contributed by atoms with Crippen molar-refractivity contribution in [2.24, 2.45) is 4.99 Å². The van der Waals surface area contributed by atoms with Crippen LogP contribution in [0.4, 0.5) is 26.3 Å². The normalized spacial score (nSPS) is 13.0. The molecule has 0 heterocycles. The van der Waals surface area contributed by atoms with Gasteiger partial charge in [-0.3, -0.25) is 9.89 Å². The van der Waals surface area contributed by atoms with Crippen LogP contribution >= 0.6 is 24.0 Å². The standard InChI is InChI=1S/C11H20F6N4.HI/c1-3-18-9(19-5-4-10(12,13)14)20-6-7-21(2)8-11(15,16)17;/h3-8H2,1-2H3,(H2,18,19,20);1H. The largest absolute Gasteiger partial charge is 0.401 e. The van der Waals surface area contributed by atoms with E-state index >= 15 is 0 Å². The summed E-state index contributed by atoms with van der Waals surface area (Å²) in [7, 11) is 1.31. The first-order valence-corrected chi connectivity index (χ1v) is 6.37. The van der Waals surface area contributed by atoms with E-state index in [0.29, 0.717) is 6.54 Å². The molecular weight excluding hydrogens is 429 g/mol. The quantitative estimate of drug-likeness (QED) is 0.271. The lowest BCUT2D eigenvalue weighted by Crippen LogP contribution is -2.42. The van der Waals surface area contributed by atoms with Crippen molar-refractivity contribution in [2.45, 2.75) is 25.7 Å². The third-order valence-electron chi connectivity index (χ3n) is 2.24. The lowest BCUT2D eigenvalue weighted by Gasteiger charge is -2.19. The van der Waals surface area contributed by atoms with E-state index in [9.17, 15) is 26.3 Å². The summed E-state index contributed by atoms with van der Waals surface area (Å²) in [6.45, 7) is 0.925. The zero-order valence-corrected chi connectivity index (χ0v) is 14.6. The lowest BCUT2D eigenvalue weighted by atomic mass is 10.4. The molecule has 0 spiro atoms. The lowest BCUT2D eigenvalue weighted by molar-refractivity contribution is -0.142. The van der Waals surface area contributed by atoms with Crippen LogP contribution in [0.15, 0.2) is 4.99 Å². The molecular formula is C11H21F6IN4. The Balaban J connectivity index is 0. The maximum atomic E-state index is 12.1. The number of aliphatic imine (C=N–C) groups is 1. The van der Waals surface area contributed by atoms with Gasteiger partial charge in [-0.05, 0) is 14.0 Å². The molecule has 0 radical (unpaired) electrons. The second kappa shape index (κ2) is 11.1. The van der Waals surface area contributed by atoms with Gasteiger partial charge in [-0.1, -0.05) is 0 Å². The van der Waals surface area contributed by atoms with Gasteiger partial charge >= 0.3 is 12.4 Å². The predicted molar refractivity (Wildman–Crippen MR) is 83.6 cm³/mol. The maximum absolute atomic E-state index is 12.1. The first-order valence-electron chi connectivity index (χ1n) is 6.37. The van der Waals surface area contributed by atoms with E-state index in [1.54, 1.807) is 6.92 Å². The molecule has 22 heavy (non-hydrogen) atoms. The van der Waals surface area contributed by atoms with Crippen LogP contribution in [0.25, 0.3) is 0 Å². The van der Waals surface area contributed by atoms with Crippen molar-refractivity contribution in [3.8, 4) is 0 Å². The molecule has 0 aliphatic rings. The van der Waals surface area contributed by atoms with Gasteiger partial charge in [-0.25, -0.2) is 0 Å². The average molecular weight is 450 g/mol. The van der Waals surface area contributed by atoms with E-state index in [1.807, 2.05) is 0 Å². The number of nitrogens with one attached hydrogen (secondary N) is 2. The number of halogens is 7. The summed E-state index contributed by atoms with van der Waals surface area (Å²) in [5, 5.41) is 5.41. The fraction of sp³-hybridized carbons (Fsp3) is 0.909. The van der Waals surface area contributed by atoms with Crippen molar-refractivity contribution in [2.75, 3.05) is 39.8 Å². The van der Waals surface area contributed by atoms with Crippen LogP contribution in [-0.4, -0.2) is 63.0 Å². The van der Waals surface area contributed by atoms with E-state index in [4.69, 9.17) is 0 Å². The van der Waals surface area contributed by atoms with Crippen molar-refractivity contribution in [1.29, 1.82) is 0 Å². The first-order chi connectivity index (χ1) is 9.53. The summed E-state index contributed by atoms with van der Waals surface area (Å²) in [6.07, 6.45) is -9.61. The summed E-state index contributed by atoms with van der Waals surface area (Å²) in [5.41, 5.74) is 0. The molecule has 11 heteroatoms. The number of hydrogen-bond acceptors (Lipinski definition) is 2. The highest BCUT2D eigenvalue weighted by Crippen LogP contribution is 2.18. The Bertz CT molecular complexity index is 319. The minimum absolute atomic E-state index is 0. The molecule has 0 aliphatic carbocycles. The summed E-state index contributed by atoms with van der Waals surface area (Å²) in [4.78, 5) is 4.77. The zero-order valence-electron chi connectivity index (χ0n) is 12.3. The molecule has 4 nitrogen and oxygen atoms in total. The van der Waals surface area contributed by atoms with Crippen molar-refractivity contribution >= 4 is 29.9 Å². The van der Waals surface area contributed by atoms with Crippen molar-refractivity contribution in [3.63, 3.8) is 0 Å². The number of likely N-dealkylation sites (N-methyl/N-ethyl adjacent to an activating group) is 1. The van der Waals surface area contributed by atoms with Crippen LogP contribution in [0.3, 0.4) is 0 Å². The molecule has 0 rings (SSSR count). The van der Waals surface area contributed by atoms with Crippen molar-refractivity contribution in [3.05, 3.63) is 0 Å². The minimum Gasteiger partial charge on any atom is -0.357 e. The van der Waals surface area contributed by atoms with Crippen LogP contribution in [0, 0.1) is 0 Å². The highest BCUT2D eigenvalue weighted by Gasteiger charge is 2.29. The molecule has 0 aliphatic heterocycles. The minimum atomic E-state index is -4.28. The Morgan fingerprint density at radius 2 is 1.64 bits per heavy atom. The van der Waals surface area contributed by atoms with E-state index in [-0.39, 0.29) is 43.0 Å². The fourth-order valence-corrected chi connectivity index (χ4v) is 1.39. The maximum Gasteiger partial charge on any atom is 0.401 e. The highest BCUT2D eigenvalue weighted by atomic mass is 127. The summed E-state index contributed by atoms with van der Waals surface area (Å²) in [6, 6.07) is 0. The topological polar surface area (TPSA) is 39.7 Å². The summed E-state index contributed by atoms with van der Waals surface area (Å²) < 4.78 is 72.2. The van der Waals surface area contributed by atoms with Gasteiger partial charge in [-0.15, -0.1) is 24.0 Å². The Labute approximate surface area is 142 Å². The molecule has 0 atom stereocenters. The van der Waals surface area contributed by atoms with Gasteiger partial charge < -0.3 is 10.6 Å². The molecule has 0 unspecified atom stereocenters. The van der Waals surface area contributed by atoms with E-state index in [1.165, 1.54) is 7.05 Å². The van der Waals surface area contributed by atoms with Gasteiger partial charge in [-0.2, -0.15) is 26.3 Å². The Kier molecular flexibility index (Phi) is 12.0. The Morgan fingerprint density at radius 3 is 2.09 bits per heavy atom. The van der Waals surface area contributed by atoms with Gasteiger partial charge in [0.05, 0.1) is 19.5 Å². The SMILES string of the molecule is CCNC(=NCCC(F)(F)F)NCCN(C)CC(F)(F)F.I. The molecule has 0 amide bonds. The summed E-state index contributed by atoms with van der Waals surface area (Å²) in [5.74, 6) is 0.155. The third kappa shape index (κ3) is 15.9. The highest BCUT2D eigenvalue weighted by molar-refractivity contribution is 14.0. The molecule has 0 saturated heterocycles. The van der Waals surface area contributed by atoms with Crippen LogP contribution in [0.1, 0.15) is 13.3 Å². The molecule has 134 valence electrons. The van der Waals surface area contributed by atoms with Gasteiger partial charge in [0.25, 0.3) is 0 Å². The molecule has 0 aromatic heterocycles. The van der Waals surface area contributed by atoms with Crippen LogP contribution in [-0.2, 0) is 0 Å². The van der Waals surface area contributed by atoms with Gasteiger partial charge in [0.15, 0.2) is 5.96 Å². The molecule has 0 aromatic carbocycles. The zero-order chi connectivity index (χ0) is 16.5. The molecule has 0 fully saturated rings. The monoisotopic (exact) mass is 450 g/mol. The number of nitrogens with zero attached hydrogens (tertiary/aromatic N) is 2. The Hall–Kier alpha value is -0.460. The predicted octanol–water partition coefficient (Wildman–Crippen LogP) is 2.61. The number of alkyl halides is 6. The van der Waals surface area contributed by atoms with Crippen molar-refractivity contribution < 1.29 is 26.3 Å². The number of rotatable bonds is 7. The van der Waals surface area contributed by atoms with E-state index in [2.05, 4.69) is 15.6 Å². The summed E-state index contributed by atoms with van der Waals surface area (Å²) >= 11 is 0. The number of hydrogen-bond donors (Lipinski definition) is 2. The molecule has 0 aromatic rings. The molecule has 0 bridgehead atoms. The van der Waals surface area contributed by atoms with Crippen molar-refractivity contribution in [1.82, 2.24) is 15.5 Å². The molecule has 2 N–H and O–H groups in total. The van der Waals surface area contributed by atoms with Gasteiger partial charge in [0, 0.05) is 19.6 Å². The third-order valence-corrected chi connectivity index (χ3v) is 2.24. The second-order valence-electron chi connectivity index (χ2n) is 4.41. The van der Waals surface area contributed by atoms with Gasteiger partial charge in [0.2, 0.25) is 0 Å². The second-order valence-corrected chi connectivity index (χ2v) is 4.41. The first kappa shape index (κ1) is 23.8. The van der Waals surface area contributed by atoms with Crippen LogP contribution in [0.5, 0.6) is 0 Å². The number of guanidine groups is 1. The fourth-order valence-electron chi connectivity index (χ4n) is 1.39. The van der Waals surface area contributed by atoms with Gasteiger partial charge in [0.1, 0.15) is 0 Å². The average Bonchev–Trinajstić information content (AvgIpc) is 2.24.